The van der Waals surface area contributed by atoms with Crippen molar-refractivity contribution in [3.8, 4) is 0 Å². The predicted molar refractivity (Wildman–Crippen MR) is 125 cm³/mol. The van der Waals surface area contributed by atoms with Crippen LogP contribution in [0.4, 0.5) is 5.69 Å². The molecule has 3 aromatic rings. The van der Waals surface area contributed by atoms with Gasteiger partial charge < -0.3 is 9.52 Å². The number of para-hydroxylation sites is 1. The van der Waals surface area contributed by atoms with Crippen molar-refractivity contribution in [2.24, 2.45) is 0 Å². The average Bonchev–Trinajstić information content (AvgIpc) is 3.35. The highest BCUT2D eigenvalue weighted by molar-refractivity contribution is 6.51. The normalized spacial score (nSPS) is 18.4. The Kier molecular flexibility index (Phi) is 5.29. The first-order valence-electron chi connectivity index (χ1n) is 10.6. The molecule has 32 heavy (non-hydrogen) atoms. The molecule has 0 spiro atoms. The van der Waals surface area contributed by atoms with Crippen LogP contribution in [0.2, 0.25) is 0 Å². The largest absolute Gasteiger partial charge is 0.507 e. The number of amides is 1. The standard InChI is InChI=1S/C27H27NO4/c1-16-12-13-18(27(3,4)5)15-19(16)24(29)22-23(21-11-8-14-32-21)28(26(31)25(22)30)20-10-7-6-9-17(20)2/h6-15,23,29H,1-5H3/b24-22+. The Labute approximate surface area is 188 Å². The zero-order valence-corrected chi connectivity index (χ0v) is 19.0. The lowest BCUT2D eigenvalue weighted by Crippen LogP contribution is -2.29. The Morgan fingerprint density at radius 3 is 2.31 bits per heavy atom. The quantitative estimate of drug-likeness (QED) is 0.323. The Morgan fingerprint density at radius 2 is 1.69 bits per heavy atom. The van der Waals surface area contributed by atoms with Crippen molar-refractivity contribution in [1.29, 1.82) is 0 Å². The monoisotopic (exact) mass is 429 g/mol. The fraction of sp³-hybridized carbons (Fsp3) is 0.259. The minimum absolute atomic E-state index is 0.0300. The van der Waals surface area contributed by atoms with Gasteiger partial charge in [0.2, 0.25) is 0 Å². The molecule has 1 N–H and O–H groups in total. The molecular formula is C27H27NO4. The van der Waals surface area contributed by atoms with Crippen LogP contribution in [0.15, 0.2) is 70.9 Å². The molecular weight excluding hydrogens is 402 g/mol. The van der Waals surface area contributed by atoms with Crippen molar-refractivity contribution in [2.75, 3.05) is 4.90 Å². The number of furan rings is 1. The number of carbonyl (C=O) groups excluding carboxylic acids is 2. The molecule has 1 fully saturated rings. The van der Waals surface area contributed by atoms with Gasteiger partial charge in [0.1, 0.15) is 17.6 Å². The van der Waals surface area contributed by atoms with Crippen molar-refractivity contribution in [3.05, 3.63) is 94.4 Å². The topological polar surface area (TPSA) is 70.8 Å². The molecule has 2 heterocycles. The summed E-state index contributed by atoms with van der Waals surface area (Å²) in [4.78, 5) is 27.9. The highest BCUT2D eigenvalue weighted by Gasteiger charge is 2.48. The van der Waals surface area contributed by atoms with Crippen LogP contribution in [0.1, 0.15) is 54.8 Å². The molecule has 0 aliphatic carbocycles. The minimum atomic E-state index is -0.858. The summed E-state index contributed by atoms with van der Waals surface area (Å²) in [6, 6.07) is 15.8. The van der Waals surface area contributed by atoms with Gasteiger partial charge in [-0.1, -0.05) is 51.1 Å². The third kappa shape index (κ3) is 3.54. The van der Waals surface area contributed by atoms with Crippen molar-refractivity contribution < 1.29 is 19.1 Å². The maximum atomic E-state index is 13.3. The fourth-order valence-electron chi connectivity index (χ4n) is 4.12. The van der Waals surface area contributed by atoms with Crippen LogP contribution in [0.3, 0.4) is 0 Å². The molecule has 5 nitrogen and oxygen atoms in total. The number of hydrogen-bond donors (Lipinski definition) is 1. The maximum Gasteiger partial charge on any atom is 0.300 e. The van der Waals surface area contributed by atoms with Crippen molar-refractivity contribution in [1.82, 2.24) is 0 Å². The summed E-state index contributed by atoms with van der Waals surface area (Å²) in [5.41, 5.74) is 3.71. The lowest BCUT2D eigenvalue weighted by molar-refractivity contribution is -0.132. The number of carbonyl (C=O) groups is 2. The highest BCUT2D eigenvalue weighted by atomic mass is 16.3. The van der Waals surface area contributed by atoms with Crippen molar-refractivity contribution in [2.45, 2.75) is 46.1 Å². The van der Waals surface area contributed by atoms with Gasteiger partial charge in [0, 0.05) is 11.3 Å². The molecule has 1 aliphatic heterocycles. The SMILES string of the molecule is Cc1ccc(C(C)(C)C)cc1/C(O)=C1\C(=O)C(=O)N(c2ccccc2C)C1c1ccco1. The Balaban J connectivity index is 1.97. The molecule has 2 aromatic carbocycles. The molecule has 0 saturated carbocycles. The zero-order valence-electron chi connectivity index (χ0n) is 19.0. The summed E-state index contributed by atoms with van der Waals surface area (Å²) in [7, 11) is 0. The second kappa shape index (κ2) is 7.83. The van der Waals surface area contributed by atoms with Crippen LogP contribution in [0.5, 0.6) is 0 Å². The Hall–Kier alpha value is -3.60. The molecule has 1 amide bonds. The van der Waals surface area contributed by atoms with E-state index in [1.54, 1.807) is 18.2 Å². The van der Waals surface area contributed by atoms with Gasteiger partial charge in [-0.05, 0) is 60.2 Å². The first-order valence-corrected chi connectivity index (χ1v) is 10.6. The summed E-state index contributed by atoms with van der Waals surface area (Å²) in [6.45, 7) is 10.0. The predicted octanol–water partition coefficient (Wildman–Crippen LogP) is 5.82. The van der Waals surface area contributed by atoms with Gasteiger partial charge in [-0.3, -0.25) is 14.5 Å². The lowest BCUT2D eigenvalue weighted by Gasteiger charge is -2.25. The second-order valence-corrected chi connectivity index (χ2v) is 9.25. The van der Waals surface area contributed by atoms with Gasteiger partial charge in [0.25, 0.3) is 11.7 Å². The molecule has 164 valence electrons. The first-order chi connectivity index (χ1) is 15.1. The van der Waals surface area contributed by atoms with Crippen LogP contribution in [-0.2, 0) is 15.0 Å². The van der Waals surface area contributed by atoms with E-state index in [-0.39, 0.29) is 16.7 Å². The molecule has 1 unspecified atom stereocenters. The number of Topliss-reactive ketones (excluding diaryl/α,β-unsaturated/α-hetero) is 1. The molecule has 0 radical (unpaired) electrons. The number of aryl methyl sites for hydroxylation is 2. The van der Waals surface area contributed by atoms with Crippen LogP contribution < -0.4 is 4.90 Å². The summed E-state index contributed by atoms with van der Waals surface area (Å²) in [5.74, 6) is -1.19. The van der Waals surface area contributed by atoms with Crippen molar-refractivity contribution in [3.63, 3.8) is 0 Å². The number of ketones is 1. The maximum absolute atomic E-state index is 13.3. The Morgan fingerprint density at radius 1 is 0.969 bits per heavy atom. The van der Waals surface area contributed by atoms with E-state index >= 15 is 0 Å². The van der Waals surface area contributed by atoms with E-state index in [0.29, 0.717) is 17.0 Å². The third-order valence-electron chi connectivity index (χ3n) is 5.99. The fourth-order valence-corrected chi connectivity index (χ4v) is 4.12. The van der Waals surface area contributed by atoms with Crippen LogP contribution >= 0.6 is 0 Å². The van der Waals surface area contributed by atoms with E-state index in [9.17, 15) is 14.7 Å². The van der Waals surface area contributed by atoms with Gasteiger partial charge >= 0.3 is 0 Å². The van der Waals surface area contributed by atoms with E-state index < -0.39 is 17.7 Å². The minimum Gasteiger partial charge on any atom is -0.507 e. The van der Waals surface area contributed by atoms with Crippen LogP contribution in [0.25, 0.3) is 5.76 Å². The van der Waals surface area contributed by atoms with Gasteiger partial charge in [-0.2, -0.15) is 0 Å². The number of anilines is 1. The smallest absolute Gasteiger partial charge is 0.300 e. The van der Waals surface area contributed by atoms with E-state index in [0.717, 1.165) is 16.7 Å². The highest BCUT2D eigenvalue weighted by Crippen LogP contribution is 2.43. The zero-order chi connectivity index (χ0) is 23.2. The number of aliphatic hydroxyl groups is 1. The molecule has 4 rings (SSSR count). The lowest BCUT2D eigenvalue weighted by atomic mass is 9.84. The molecule has 1 aromatic heterocycles. The molecule has 1 saturated heterocycles. The van der Waals surface area contributed by atoms with E-state index in [2.05, 4.69) is 20.8 Å². The Bertz CT molecular complexity index is 1230. The molecule has 0 bridgehead atoms. The van der Waals surface area contributed by atoms with E-state index in [4.69, 9.17) is 4.42 Å². The molecule has 1 atom stereocenters. The van der Waals surface area contributed by atoms with E-state index in [1.165, 1.54) is 11.2 Å². The van der Waals surface area contributed by atoms with Gasteiger partial charge in [0.05, 0.1) is 11.8 Å². The molecule has 1 aliphatic rings. The van der Waals surface area contributed by atoms with Crippen molar-refractivity contribution >= 4 is 23.1 Å². The summed E-state index contributed by atoms with van der Waals surface area (Å²) in [5, 5.41) is 11.4. The van der Waals surface area contributed by atoms with Gasteiger partial charge in [-0.15, -0.1) is 0 Å². The van der Waals surface area contributed by atoms with Gasteiger partial charge in [-0.25, -0.2) is 0 Å². The number of aliphatic hydroxyl groups excluding tert-OH is 1. The summed E-state index contributed by atoms with van der Waals surface area (Å²) in [6.07, 6.45) is 1.50. The number of benzene rings is 2. The average molecular weight is 430 g/mol. The van der Waals surface area contributed by atoms with Gasteiger partial charge in [0.15, 0.2) is 0 Å². The molecule has 5 heteroatoms. The number of nitrogens with zero attached hydrogens (tertiary/aromatic N) is 1. The summed E-state index contributed by atoms with van der Waals surface area (Å²) < 4.78 is 5.64. The first kappa shape index (κ1) is 21.6. The summed E-state index contributed by atoms with van der Waals surface area (Å²) >= 11 is 0. The van der Waals surface area contributed by atoms with Crippen LogP contribution in [-0.4, -0.2) is 16.8 Å². The number of hydrogen-bond acceptors (Lipinski definition) is 4. The second-order valence-electron chi connectivity index (χ2n) is 9.25. The van der Waals surface area contributed by atoms with Crippen LogP contribution in [0, 0.1) is 13.8 Å². The third-order valence-corrected chi connectivity index (χ3v) is 5.99. The number of rotatable bonds is 3. The van der Waals surface area contributed by atoms with E-state index in [1.807, 2.05) is 50.2 Å².